The Morgan fingerprint density at radius 2 is 2.00 bits per heavy atom. The fourth-order valence-electron chi connectivity index (χ4n) is 1.34. The summed E-state index contributed by atoms with van der Waals surface area (Å²) in [6.45, 7) is 3.36. The van der Waals surface area contributed by atoms with Gasteiger partial charge in [-0.05, 0) is 12.1 Å². The van der Waals surface area contributed by atoms with Crippen LogP contribution in [0, 0.1) is 0 Å². The molecule has 98 valence electrons. The number of nitrogens with zero attached hydrogens (tertiary/aromatic N) is 1. The maximum absolute atomic E-state index is 11.7. The Bertz CT molecular complexity index is 511. The van der Waals surface area contributed by atoms with Gasteiger partial charge in [-0.3, -0.25) is 4.79 Å². The normalized spacial score (nSPS) is 11.2. The maximum Gasteiger partial charge on any atom is 0.239 e. The van der Waals surface area contributed by atoms with Crippen molar-refractivity contribution in [1.29, 1.82) is 0 Å². The molecule has 0 aliphatic carbocycles. The molecule has 0 aromatic heterocycles. The fraction of sp³-hybridized carbons (Fsp3) is 0.250. The number of amides is 1. The summed E-state index contributed by atoms with van der Waals surface area (Å²) in [5.74, 6) is -0.381. The number of sulfonamides is 1. The van der Waals surface area contributed by atoms with Gasteiger partial charge in [0.05, 0.1) is 12.8 Å². The van der Waals surface area contributed by atoms with Crippen molar-refractivity contribution in [2.24, 2.45) is 0 Å². The maximum atomic E-state index is 11.7. The van der Waals surface area contributed by atoms with Gasteiger partial charge in [0.1, 0.15) is 0 Å². The van der Waals surface area contributed by atoms with Gasteiger partial charge >= 0.3 is 0 Å². The van der Waals surface area contributed by atoms with E-state index < -0.39 is 10.0 Å². The lowest BCUT2D eigenvalue weighted by molar-refractivity contribution is -0.116. The third kappa shape index (κ3) is 4.68. The molecule has 1 aromatic rings. The van der Waals surface area contributed by atoms with Crippen LogP contribution in [0.25, 0.3) is 0 Å². The molecule has 5 nitrogen and oxygen atoms in total. The minimum Gasteiger partial charge on any atom is -0.325 e. The van der Waals surface area contributed by atoms with Gasteiger partial charge in [-0.25, -0.2) is 8.42 Å². The molecule has 18 heavy (non-hydrogen) atoms. The van der Waals surface area contributed by atoms with Crippen LogP contribution in [0.4, 0.5) is 5.69 Å². The number of hydrogen-bond acceptors (Lipinski definition) is 3. The third-order valence-corrected chi connectivity index (χ3v) is 3.40. The van der Waals surface area contributed by atoms with E-state index >= 15 is 0 Å². The molecule has 0 saturated carbocycles. The largest absolute Gasteiger partial charge is 0.325 e. The first-order chi connectivity index (χ1) is 8.43. The van der Waals surface area contributed by atoms with Gasteiger partial charge in [0.15, 0.2) is 0 Å². The Labute approximate surface area is 107 Å². The van der Waals surface area contributed by atoms with E-state index in [-0.39, 0.29) is 19.0 Å². The minimum atomic E-state index is -3.41. The first-order valence-corrected chi connectivity index (χ1v) is 7.19. The number of anilines is 1. The summed E-state index contributed by atoms with van der Waals surface area (Å²) >= 11 is 0. The molecule has 0 aliphatic heterocycles. The average molecular weight is 268 g/mol. The summed E-state index contributed by atoms with van der Waals surface area (Å²) in [5.41, 5.74) is 0.634. The molecule has 0 radical (unpaired) electrons. The predicted octanol–water partition coefficient (Wildman–Crippen LogP) is 1.07. The highest BCUT2D eigenvalue weighted by Gasteiger charge is 2.18. The molecule has 0 saturated heterocycles. The average Bonchev–Trinajstić information content (AvgIpc) is 2.28. The molecule has 0 spiro atoms. The van der Waals surface area contributed by atoms with Crippen LogP contribution in [0.1, 0.15) is 0 Å². The third-order valence-electron chi connectivity index (χ3n) is 2.18. The van der Waals surface area contributed by atoms with Gasteiger partial charge in [0.2, 0.25) is 15.9 Å². The van der Waals surface area contributed by atoms with Gasteiger partial charge in [0.25, 0.3) is 0 Å². The number of carbonyl (C=O) groups is 1. The van der Waals surface area contributed by atoms with Crippen molar-refractivity contribution in [3.63, 3.8) is 0 Å². The summed E-state index contributed by atoms with van der Waals surface area (Å²) in [6.07, 6.45) is 2.50. The van der Waals surface area contributed by atoms with Crippen molar-refractivity contribution in [1.82, 2.24) is 4.31 Å². The highest BCUT2D eigenvalue weighted by atomic mass is 32.2. The standard InChI is InChI=1S/C12H16N2O3S/c1-3-9-14(18(2,16)17)10-12(15)13-11-7-5-4-6-8-11/h3-8H,1,9-10H2,2H3,(H,13,15). The van der Waals surface area contributed by atoms with Crippen LogP contribution in [-0.2, 0) is 14.8 Å². The van der Waals surface area contributed by atoms with Crippen molar-refractivity contribution in [2.45, 2.75) is 0 Å². The van der Waals surface area contributed by atoms with E-state index in [1.54, 1.807) is 24.3 Å². The molecular weight excluding hydrogens is 252 g/mol. The van der Waals surface area contributed by atoms with Gasteiger partial charge in [-0.1, -0.05) is 24.3 Å². The molecule has 0 atom stereocenters. The van der Waals surface area contributed by atoms with Crippen molar-refractivity contribution >= 4 is 21.6 Å². The summed E-state index contributed by atoms with van der Waals surface area (Å²) in [5, 5.41) is 2.62. The van der Waals surface area contributed by atoms with Crippen LogP contribution in [0.3, 0.4) is 0 Å². The van der Waals surface area contributed by atoms with Gasteiger partial charge in [0, 0.05) is 12.2 Å². The molecule has 1 amide bonds. The van der Waals surface area contributed by atoms with E-state index in [0.29, 0.717) is 5.69 Å². The number of carbonyl (C=O) groups excluding carboxylic acids is 1. The molecule has 0 aliphatic rings. The molecule has 1 rings (SSSR count). The zero-order chi connectivity index (χ0) is 13.6. The number of para-hydroxylation sites is 1. The first kappa shape index (κ1) is 14.4. The zero-order valence-electron chi connectivity index (χ0n) is 10.2. The Balaban J connectivity index is 2.65. The lowest BCUT2D eigenvalue weighted by Crippen LogP contribution is -2.37. The molecule has 0 heterocycles. The Morgan fingerprint density at radius 3 is 2.50 bits per heavy atom. The van der Waals surface area contributed by atoms with Crippen molar-refractivity contribution in [2.75, 3.05) is 24.7 Å². The van der Waals surface area contributed by atoms with Crippen molar-refractivity contribution < 1.29 is 13.2 Å². The number of rotatable bonds is 6. The minimum absolute atomic E-state index is 0.112. The monoisotopic (exact) mass is 268 g/mol. The van der Waals surface area contributed by atoms with Crippen LogP contribution in [0.15, 0.2) is 43.0 Å². The highest BCUT2D eigenvalue weighted by molar-refractivity contribution is 7.88. The van der Waals surface area contributed by atoms with Crippen LogP contribution >= 0.6 is 0 Å². The van der Waals surface area contributed by atoms with E-state index in [9.17, 15) is 13.2 Å². The summed E-state index contributed by atoms with van der Waals surface area (Å²) in [4.78, 5) is 11.7. The summed E-state index contributed by atoms with van der Waals surface area (Å²) < 4.78 is 23.9. The van der Waals surface area contributed by atoms with E-state index in [4.69, 9.17) is 0 Å². The topological polar surface area (TPSA) is 66.5 Å². The van der Waals surface area contributed by atoms with E-state index in [1.165, 1.54) is 6.08 Å². The Kier molecular flexibility index (Phi) is 5.06. The van der Waals surface area contributed by atoms with Gasteiger partial charge in [-0.15, -0.1) is 6.58 Å². The lowest BCUT2D eigenvalue weighted by Gasteiger charge is -2.17. The second kappa shape index (κ2) is 6.32. The molecule has 6 heteroatoms. The smallest absolute Gasteiger partial charge is 0.239 e. The Morgan fingerprint density at radius 1 is 1.39 bits per heavy atom. The van der Waals surface area contributed by atoms with E-state index in [0.717, 1.165) is 10.6 Å². The summed E-state index contributed by atoms with van der Waals surface area (Å²) in [7, 11) is -3.41. The fourth-order valence-corrected chi connectivity index (χ4v) is 2.07. The highest BCUT2D eigenvalue weighted by Crippen LogP contribution is 2.05. The quantitative estimate of drug-likeness (QED) is 0.785. The van der Waals surface area contributed by atoms with Crippen molar-refractivity contribution in [3.8, 4) is 0 Å². The van der Waals surface area contributed by atoms with Crippen LogP contribution in [0.2, 0.25) is 0 Å². The molecular formula is C12H16N2O3S. The first-order valence-electron chi connectivity index (χ1n) is 5.34. The zero-order valence-corrected chi connectivity index (χ0v) is 11.0. The molecule has 0 bridgehead atoms. The van der Waals surface area contributed by atoms with E-state index in [2.05, 4.69) is 11.9 Å². The molecule has 1 N–H and O–H groups in total. The molecule has 1 aromatic carbocycles. The molecule has 0 fully saturated rings. The second-order valence-electron chi connectivity index (χ2n) is 3.76. The molecule has 0 unspecified atom stereocenters. The second-order valence-corrected chi connectivity index (χ2v) is 5.74. The predicted molar refractivity (Wildman–Crippen MR) is 71.7 cm³/mol. The number of benzene rings is 1. The van der Waals surface area contributed by atoms with E-state index in [1.807, 2.05) is 6.07 Å². The van der Waals surface area contributed by atoms with Crippen LogP contribution in [-0.4, -0.2) is 38.0 Å². The van der Waals surface area contributed by atoms with Crippen molar-refractivity contribution in [3.05, 3.63) is 43.0 Å². The van der Waals surface area contributed by atoms with Crippen LogP contribution in [0.5, 0.6) is 0 Å². The SMILES string of the molecule is C=CCN(CC(=O)Nc1ccccc1)S(C)(=O)=O. The lowest BCUT2D eigenvalue weighted by atomic mass is 10.3. The van der Waals surface area contributed by atoms with Gasteiger partial charge in [-0.2, -0.15) is 4.31 Å². The number of nitrogens with one attached hydrogen (secondary N) is 1. The van der Waals surface area contributed by atoms with Gasteiger partial charge < -0.3 is 5.32 Å². The number of hydrogen-bond donors (Lipinski definition) is 1. The van der Waals surface area contributed by atoms with Crippen LogP contribution < -0.4 is 5.32 Å². The Hall–Kier alpha value is -1.66. The summed E-state index contributed by atoms with van der Waals surface area (Å²) in [6, 6.07) is 8.87.